The van der Waals surface area contributed by atoms with Crippen molar-refractivity contribution >= 4 is 23.3 Å². The maximum Gasteiger partial charge on any atom is 0.239 e. The molecule has 0 saturated carbocycles. The number of nitrogens with zero attached hydrogens (tertiary/aromatic N) is 1. The van der Waals surface area contributed by atoms with Crippen LogP contribution in [0.3, 0.4) is 0 Å². The van der Waals surface area contributed by atoms with E-state index >= 15 is 0 Å². The topological polar surface area (TPSA) is 54.0 Å². The molecule has 2 N–H and O–H groups in total. The molecule has 1 aromatic heterocycles. The fraction of sp³-hybridized carbons (Fsp3) is 0.143. The summed E-state index contributed by atoms with van der Waals surface area (Å²) in [5, 5.41) is 6.21. The van der Waals surface area contributed by atoms with Gasteiger partial charge >= 0.3 is 0 Å². The van der Waals surface area contributed by atoms with E-state index in [1.807, 2.05) is 30.3 Å². The molecule has 0 spiro atoms. The lowest BCUT2D eigenvalue weighted by molar-refractivity contribution is -0.119. The van der Waals surface area contributed by atoms with E-state index < -0.39 is 0 Å². The summed E-state index contributed by atoms with van der Waals surface area (Å²) in [5.41, 5.74) is 1.06. The van der Waals surface area contributed by atoms with Gasteiger partial charge in [0.25, 0.3) is 0 Å². The molecule has 2 rings (SSSR count). The number of amides is 1. The lowest BCUT2D eigenvalue weighted by Gasteiger charge is -2.08. The molecular weight excluding hydrogens is 262 g/mol. The minimum atomic E-state index is -0.106. The number of benzene rings is 1. The summed E-state index contributed by atoms with van der Waals surface area (Å²) in [7, 11) is 0. The summed E-state index contributed by atoms with van der Waals surface area (Å²) >= 11 is 5.92. The molecule has 0 fully saturated rings. The van der Waals surface area contributed by atoms with Gasteiger partial charge in [0, 0.05) is 12.7 Å². The lowest BCUT2D eigenvalue weighted by atomic mass is 10.2. The van der Waals surface area contributed by atoms with Crippen molar-refractivity contribution in [3.8, 4) is 0 Å². The van der Waals surface area contributed by atoms with Crippen molar-refractivity contribution in [3.63, 3.8) is 0 Å². The molecule has 0 aliphatic rings. The van der Waals surface area contributed by atoms with E-state index in [4.69, 9.17) is 11.6 Å². The Morgan fingerprint density at radius 3 is 2.68 bits per heavy atom. The number of hydrogen-bond donors (Lipinski definition) is 2. The van der Waals surface area contributed by atoms with E-state index in [-0.39, 0.29) is 12.5 Å². The Morgan fingerprint density at radius 1 is 1.16 bits per heavy atom. The zero-order valence-electron chi connectivity index (χ0n) is 10.3. The fourth-order valence-electron chi connectivity index (χ4n) is 1.54. The normalized spacial score (nSPS) is 9.95. The molecule has 4 nitrogen and oxygen atoms in total. The molecule has 0 unspecified atom stereocenters. The summed E-state index contributed by atoms with van der Waals surface area (Å²) in [6, 6.07) is 13.2. The van der Waals surface area contributed by atoms with Gasteiger partial charge in [0.15, 0.2) is 0 Å². The van der Waals surface area contributed by atoms with Gasteiger partial charge in [-0.25, -0.2) is 4.98 Å². The number of carbonyl (C=O) groups is 1. The van der Waals surface area contributed by atoms with Crippen molar-refractivity contribution in [1.29, 1.82) is 0 Å². The average molecular weight is 276 g/mol. The molecule has 0 atom stereocenters. The molecule has 0 aliphatic heterocycles. The van der Waals surface area contributed by atoms with Gasteiger partial charge in [0.1, 0.15) is 5.82 Å². The van der Waals surface area contributed by atoms with E-state index in [0.717, 1.165) is 5.56 Å². The highest BCUT2D eigenvalue weighted by atomic mass is 35.5. The van der Waals surface area contributed by atoms with Crippen molar-refractivity contribution in [2.75, 3.05) is 11.9 Å². The molecule has 0 bridgehead atoms. The summed E-state index contributed by atoms with van der Waals surface area (Å²) in [5.74, 6) is 0.407. The Bertz CT molecular complexity index is 545. The third-order valence-corrected chi connectivity index (χ3v) is 2.81. The Morgan fingerprint density at radius 2 is 1.95 bits per heavy atom. The summed E-state index contributed by atoms with van der Waals surface area (Å²) in [4.78, 5) is 15.7. The molecular formula is C14H14ClN3O. The second-order valence-corrected chi connectivity index (χ2v) is 4.36. The standard InChI is InChI=1S/C14H14ClN3O/c15-12-7-4-8-16-14(12)18-10-13(19)17-9-11-5-2-1-3-6-11/h1-8H,9-10H2,(H,16,18)(H,17,19). The van der Waals surface area contributed by atoms with Gasteiger partial charge in [0.05, 0.1) is 11.6 Å². The Balaban J connectivity index is 1.78. The molecule has 1 aromatic carbocycles. The quantitative estimate of drug-likeness (QED) is 0.881. The Hall–Kier alpha value is -2.07. The number of hydrogen-bond acceptors (Lipinski definition) is 3. The van der Waals surface area contributed by atoms with E-state index in [2.05, 4.69) is 15.6 Å². The van der Waals surface area contributed by atoms with Gasteiger partial charge in [-0.1, -0.05) is 41.9 Å². The van der Waals surface area contributed by atoms with Crippen molar-refractivity contribution < 1.29 is 4.79 Å². The zero-order valence-corrected chi connectivity index (χ0v) is 11.0. The molecule has 0 saturated heterocycles. The van der Waals surface area contributed by atoms with Crippen LogP contribution in [0.25, 0.3) is 0 Å². The third-order valence-electron chi connectivity index (χ3n) is 2.51. The van der Waals surface area contributed by atoms with Gasteiger partial charge < -0.3 is 10.6 Å². The second-order valence-electron chi connectivity index (χ2n) is 3.95. The first-order valence-corrected chi connectivity index (χ1v) is 6.28. The van der Waals surface area contributed by atoms with Gasteiger partial charge in [-0.2, -0.15) is 0 Å². The highest BCUT2D eigenvalue weighted by Crippen LogP contribution is 2.16. The van der Waals surface area contributed by atoms with Crippen LogP contribution in [0.15, 0.2) is 48.7 Å². The van der Waals surface area contributed by atoms with Crippen LogP contribution in [0.5, 0.6) is 0 Å². The van der Waals surface area contributed by atoms with E-state index in [9.17, 15) is 4.79 Å². The minimum absolute atomic E-state index is 0.106. The minimum Gasteiger partial charge on any atom is -0.360 e. The van der Waals surface area contributed by atoms with Crippen molar-refractivity contribution in [1.82, 2.24) is 10.3 Å². The number of rotatable bonds is 5. The first-order chi connectivity index (χ1) is 9.25. The highest BCUT2D eigenvalue weighted by molar-refractivity contribution is 6.32. The molecule has 19 heavy (non-hydrogen) atoms. The SMILES string of the molecule is O=C(CNc1ncccc1Cl)NCc1ccccc1. The van der Waals surface area contributed by atoms with Gasteiger partial charge in [-0.15, -0.1) is 0 Å². The Kier molecular flexibility index (Phi) is 4.75. The van der Waals surface area contributed by atoms with Gasteiger partial charge in [-0.3, -0.25) is 4.79 Å². The predicted molar refractivity (Wildman–Crippen MR) is 76.0 cm³/mol. The third kappa shape index (κ3) is 4.26. The number of anilines is 1. The Labute approximate surface area is 116 Å². The number of nitrogens with one attached hydrogen (secondary N) is 2. The largest absolute Gasteiger partial charge is 0.360 e. The first kappa shape index (κ1) is 13.4. The van der Waals surface area contributed by atoms with Crippen molar-refractivity contribution in [3.05, 3.63) is 59.2 Å². The molecule has 1 heterocycles. The van der Waals surface area contributed by atoms with Crippen LogP contribution < -0.4 is 10.6 Å². The summed E-state index contributed by atoms with van der Waals surface area (Å²) in [6.07, 6.45) is 1.62. The molecule has 1 amide bonds. The van der Waals surface area contributed by atoms with E-state index in [1.165, 1.54) is 0 Å². The van der Waals surface area contributed by atoms with Crippen LogP contribution in [-0.4, -0.2) is 17.4 Å². The second kappa shape index (κ2) is 6.75. The highest BCUT2D eigenvalue weighted by Gasteiger charge is 2.04. The number of aromatic nitrogens is 1. The lowest BCUT2D eigenvalue weighted by Crippen LogP contribution is -2.29. The zero-order chi connectivity index (χ0) is 13.5. The molecule has 0 radical (unpaired) electrons. The summed E-state index contributed by atoms with van der Waals surface area (Å²) in [6.45, 7) is 0.654. The van der Waals surface area contributed by atoms with E-state index in [1.54, 1.807) is 18.3 Å². The van der Waals surface area contributed by atoms with Crippen LogP contribution in [-0.2, 0) is 11.3 Å². The fourth-order valence-corrected chi connectivity index (χ4v) is 1.73. The average Bonchev–Trinajstić information content (AvgIpc) is 2.45. The molecule has 0 aliphatic carbocycles. The monoisotopic (exact) mass is 275 g/mol. The number of halogens is 1. The van der Waals surface area contributed by atoms with Crippen LogP contribution in [0.1, 0.15) is 5.56 Å². The maximum absolute atomic E-state index is 11.7. The van der Waals surface area contributed by atoms with Crippen molar-refractivity contribution in [2.45, 2.75) is 6.54 Å². The maximum atomic E-state index is 11.7. The predicted octanol–water partition coefficient (Wildman–Crippen LogP) is 2.46. The van der Waals surface area contributed by atoms with Crippen LogP contribution in [0.4, 0.5) is 5.82 Å². The first-order valence-electron chi connectivity index (χ1n) is 5.91. The van der Waals surface area contributed by atoms with E-state index in [0.29, 0.717) is 17.4 Å². The smallest absolute Gasteiger partial charge is 0.239 e. The number of pyridine rings is 1. The van der Waals surface area contributed by atoms with Crippen LogP contribution in [0.2, 0.25) is 5.02 Å². The van der Waals surface area contributed by atoms with Gasteiger partial charge in [0.2, 0.25) is 5.91 Å². The molecule has 98 valence electrons. The van der Waals surface area contributed by atoms with Crippen LogP contribution >= 0.6 is 11.6 Å². The summed E-state index contributed by atoms with van der Waals surface area (Å²) < 4.78 is 0. The van der Waals surface area contributed by atoms with Crippen LogP contribution in [0, 0.1) is 0 Å². The molecule has 5 heteroatoms. The number of carbonyl (C=O) groups excluding carboxylic acids is 1. The van der Waals surface area contributed by atoms with Gasteiger partial charge in [-0.05, 0) is 17.7 Å². The van der Waals surface area contributed by atoms with Crippen molar-refractivity contribution in [2.24, 2.45) is 0 Å². The molecule has 2 aromatic rings.